The van der Waals surface area contributed by atoms with Crippen LogP contribution in [-0.4, -0.2) is 35.4 Å². The topological polar surface area (TPSA) is 85.2 Å². The van der Waals surface area contributed by atoms with Gasteiger partial charge in [-0.3, -0.25) is 0 Å². The van der Waals surface area contributed by atoms with E-state index in [0.29, 0.717) is 11.9 Å². The van der Waals surface area contributed by atoms with Crippen molar-refractivity contribution in [3.63, 3.8) is 0 Å². The van der Waals surface area contributed by atoms with Gasteiger partial charge in [-0.25, -0.2) is 9.67 Å². The minimum Gasteiger partial charge on any atom is -0.247 e. The number of tetrazole rings is 1. The van der Waals surface area contributed by atoms with Gasteiger partial charge in [-0.15, -0.1) is 10.2 Å². The summed E-state index contributed by atoms with van der Waals surface area (Å²) in [6.45, 7) is 6.63. The number of hydrogen-bond donors (Lipinski definition) is 1. The zero-order valence-electron chi connectivity index (χ0n) is 19.1. The molecule has 0 aliphatic rings. The molecule has 4 aromatic rings. The lowest BCUT2D eigenvalue weighted by Crippen LogP contribution is -2.11. The largest absolute Gasteiger partial charge is 0.247 e. The molecule has 2 heterocycles. The molecule has 0 saturated heterocycles. The number of nitrogens with zero attached hydrogens (tertiary/aromatic N) is 6. The second-order valence-electron chi connectivity index (χ2n) is 8.26. The molecule has 1 N–H and O–H groups in total. The summed E-state index contributed by atoms with van der Waals surface area (Å²) in [5.41, 5.74) is 4.39. The highest BCUT2D eigenvalue weighted by Gasteiger charge is 2.15. The van der Waals surface area contributed by atoms with E-state index in [4.69, 9.17) is 10.1 Å². The van der Waals surface area contributed by atoms with Crippen molar-refractivity contribution in [3.8, 4) is 22.5 Å². The highest BCUT2D eigenvalue weighted by atomic mass is 15.5. The van der Waals surface area contributed by atoms with E-state index in [1.165, 1.54) is 18.4 Å². The molecule has 0 saturated carbocycles. The number of unbranched alkanes of at least 4 members (excludes halogenated alkanes) is 2. The van der Waals surface area contributed by atoms with Crippen LogP contribution in [-0.2, 0) is 12.8 Å². The molecule has 7 nitrogen and oxygen atoms in total. The van der Waals surface area contributed by atoms with E-state index in [0.717, 1.165) is 54.0 Å². The zero-order chi connectivity index (χ0) is 22.3. The summed E-state index contributed by atoms with van der Waals surface area (Å²) >= 11 is 0. The summed E-state index contributed by atoms with van der Waals surface area (Å²) in [4.78, 5) is 4.90. The highest BCUT2D eigenvalue weighted by molar-refractivity contribution is 5.80. The van der Waals surface area contributed by atoms with Crippen LogP contribution in [0, 0.1) is 0 Å². The van der Waals surface area contributed by atoms with Gasteiger partial charge in [0.1, 0.15) is 5.82 Å². The molecule has 0 amide bonds. The van der Waals surface area contributed by atoms with Gasteiger partial charge in [-0.1, -0.05) is 75.2 Å². The van der Waals surface area contributed by atoms with Crippen LogP contribution in [0.5, 0.6) is 0 Å². The number of benzene rings is 2. The smallest absolute Gasteiger partial charge is 0.205 e. The zero-order valence-corrected chi connectivity index (χ0v) is 19.1. The van der Waals surface area contributed by atoms with Crippen LogP contribution in [0.1, 0.15) is 69.7 Å². The Morgan fingerprint density at radius 3 is 2.44 bits per heavy atom. The van der Waals surface area contributed by atoms with Crippen LogP contribution in [0.25, 0.3) is 22.5 Å². The average Bonchev–Trinajstić information content (AvgIpc) is 3.50. The highest BCUT2D eigenvalue weighted by Crippen LogP contribution is 2.30. The average molecular weight is 430 g/mol. The monoisotopic (exact) mass is 429 g/mol. The predicted molar refractivity (Wildman–Crippen MR) is 126 cm³/mol. The number of aryl methyl sites for hydroxylation is 1. The minimum atomic E-state index is 0.346. The van der Waals surface area contributed by atoms with E-state index in [1.54, 1.807) is 0 Å². The van der Waals surface area contributed by atoms with Crippen molar-refractivity contribution in [1.82, 2.24) is 35.4 Å². The maximum Gasteiger partial charge on any atom is 0.205 e. The quantitative estimate of drug-likeness (QED) is 0.340. The summed E-state index contributed by atoms with van der Waals surface area (Å²) in [5, 5.41) is 19.4. The summed E-state index contributed by atoms with van der Waals surface area (Å²) in [7, 11) is 0. The lowest BCUT2D eigenvalue weighted by Gasteiger charge is -2.12. The van der Waals surface area contributed by atoms with Crippen molar-refractivity contribution in [2.24, 2.45) is 0 Å². The van der Waals surface area contributed by atoms with Gasteiger partial charge in [0.2, 0.25) is 5.82 Å². The Balaban J connectivity index is 1.56. The van der Waals surface area contributed by atoms with Crippen LogP contribution in [0.4, 0.5) is 0 Å². The standard InChI is InChI=1S/C25H31N7/c1-4-6-7-12-23-26-24(32(29-23)18(3)5-2)17-19-13-15-20(16-14-19)21-10-8-9-11-22(21)25-27-30-31-28-25/h8-11,13-16,18H,4-7,12,17H2,1-3H3,(H,27,28,30,31). The van der Waals surface area contributed by atoms with E-state index in [1.807, 2.05) is 18.2 Å². The molecule has 2 aromatic heterocycles. The van der Waals surface area contributed by atoms with Crippen LogP contribution < -0.4 is 0 Å². The second-order valence-corrected chi connectivity index (χ2v) is 8.26. The molecular weight excluding hydrogens is 398 g/mol. The number of hydrogen-bond acceptors (Lipinski definition) is 5. The number of H-pyrrole nitrogens is 1. The molecule has 1 unspecified atom stereocenters. The van der Waals surface area contributed by atoms with Crippen molar-refractivity contribution in [1.29, 1.82) is 0 Å². The molecule has 0 fully saturated rings. The molecule has 1 atom stereocenters. The maximum absolute atomic E-state index is 4.90. The number of rotatable bonds is 10. The molecule has 7 heteroatoms. The third-order valence-corrected chi connectivity index (χ3v) is 5.90. The van der Waals surface area contributed by atoms with Gasteiger partial charge in [0, 0.05) is 18.4 Å². The van der Waals surface area contributed by atoms with Gasteiger partial charge in [-0.05, 0) is 41.7 Å². The molecule has 0 aliphatic heterocycles. The van der Waals surface area contributed by atoms with Crippen molar-refractivity contribution in [3.05, 3.63) is 65.7 Å². The summed E-state index contributed by atoms with van der Waals surface area (Å²) in [5.74, 6) is 2.62. The normalized spacial score (nSPS) is 12.2. The predicted octanol–water partition coefficient (Wildman–Crippen LogP) is 5.42. The molecular formula is C25H31N7. The molecule has 2 aromatic carbocycles. The third kappa shape index (κ3) is 4.93. The van der Waals surface area contributed by atoms with Crippen LogP contribution in [0.15, 0.2) is 48.5 Å². The fourth-order valence-corrected chi connectivity index (χ4v) is 3.88. The SMILES string of the molecule is CCCCCc1nc(Cc2ccc(-c3ccccc3-c3nn[nH]n3)cc2)n(C(C)CC)n1. The Bertz CT molecular complexity index is 1110. The first-order valence-corrected chi connectivity index (χ1v) is 11.6. The summed E-state index contributed by atoms with van der Waals surface area (Å²) in [6.07, 6.45) is 6.35. The number of aromatic nitrogens is 7. The van der Waals surface area contributed by atoms with E-state index in [9.17, 15) is 0 Å². The molecule has 0 aliphatic carbocycles. The van der Waals surface area contributed by atoms with Gasteiger partial charge < -0.3 is 0 Å². The van der Waals surface area contributed by atoms with Crippen molar-refractivity contribution in [2.45, 2.75) is 65.3 Å². The summed E-state index contributed by atoms with van der Waals surface area (Å²) in [6, 6.07) is 17.1. The second kappa shape index (κ2) is 10.3. The Morgan fingerprint density at radius 1 is 0.969 bits per heavy atom. The van der Waals surface area contributed by atoms with Gasteiger partial charge in [-0.2, -0.15) is 10.3 Å². The minimum absolute atomic E-state index is 0.346. The Hall–Kier alpha value is -3.35. The van der Waals surface area contributed by atoms with Gasteiger partial charge in [0.05, 0.1) is 6.04 Å². The maximum atomic E-state index is 4.90. The van der Waals surface area contributed by atoms with Crippen LogP contribution in [0.2, 0.25) is 0 Å². The fraction of sp³-hybridized carbons (Fsp3) is 0.400. The lowest BCUT2D eigenvalue weighted by atomic mass is 9.98. The lowest BCUT2D eigenvalue weighted by molar-refractivity contribution is 0.457. The molecule has 166 valence electrons. The van der Waals surface area contributed by atoms with Gasteiger partial charge >= 0.3 is 0 Å². The van der Waals surface area contributed by atoms with E-state index in [-0.39, 0.29) is 0 Å². The summed E-state index contributed by atoms with van der Waals surface area (Å²) < 4.78 is 2.13. The number of aromatic amines is 1. The first-order chi connectivity index (χ1) is 15.7. The Kier molecular flexibility index (Phi) is 7.04. The first-order valence-electron chi connectivity index (χ1n) is 11.6. The van der Waals surface area contributed by atoms with Crippen molar-refractivity contribution in [2.75, 3.05) is 0 Å². The molecule has 4 rings (SSSR count). The van der Waals surface area contributed by atoms with Crippen LogP contribution >= 0.6 is 0 Å². The van der Waals surface area contributed by atoms with Gasteiger partial charge in [0.15, 0.2) is 5.82 Å². The van der Waals surface area contributed by atoms with Crippen molar-refractivity contribution >= 4 is 0 Å². The van der Waals surface area contributed by atoms with E-state index >= 15 is 0 Å². The molecule has 32 heavy (non-hydrogen) atoms. The van der Waals surface area contributed by atoms with Crippen LogP contribution in [0.3, 0.4) is 0 Å². The Labute approximate surface area is 189 Å². The van der Waals surface area contributed by atoms with E-state index in [2.05, 4.69) is 76.4 Å². The number of nitrogens with one attached hydrogen (secondary N) is 1. The third-order valence-electron chi connectivity index (χ3n) is 5.90. The fourth-order valence-electron chi connectivity index (χ4n) is 3.88. The molecule has 0 spiro atoms. The Morgan fingerprint density at radius 2 is 1.75 bits per heavy atom. The first kappa shape index (κ1) is 21.9. The molecule has 0 bridgehead atoms. The van der Waals surface area contributed by atoms with Crippen molar-refractivity contribution < 1.29 is 0 Å². The van der Waals surface area contributed by atoms with E-state index < -0.39 is 0 Å². The van der Waals surface area contributed by atoms with Gasteiger partial charge in [0.25, 0.3) is 0 Å². The molecule has 0 radical (unpaired) electrons.